The molecule has 1 aromatic heterocycles. The zero-order valence-corrected chi connectivity index (χ0v) is 12.5. The molecule has 1 amide bonds. The predicted molar refractivity (Wildman–Crippen MR) is 74.6 cm³/mol. The molecule has 0 radical (unpaired) electrons. The van der Waals surface area contributed by atoms with Gasteiger partial charge in [-0.25, -0.2) is 8.78 Å². The van der Waals surface area contributed by atoms with Gasteiger partial charge in [-0.3, -0.25) is 9.48 Å². The number of carbonyl (C=O) groups is 1. The zero-order valence-electron chi connectivity index (χ0n) is 10.9. The normalized spacial score (nSPS) is 10.7. The summed E-state index contributed by atoms with van der Waals surface area (Å²) in [6, 6.07) is 2.17. The Morgan fingerprint density at radius 3 is 2.55 bits per heavy atom. The van der Waals surface area contributed by atoms with Gasteiger partial charge in [0.2, 0.25) is 0 Å². The second kappa shape index (κ2) is 5.70. The van der Waals surface area contributed by atoms with E-state index in [1.807, 2.05) is 6.92 Å². The molecule has 1 heterocycles. The number of nitrogens with one attached hydrogen (secondary N) is 1. The monoisotopic (exact) mass is 343 g/mol. The first-order valence-electron chi connectivity index (χ1n) is 5.90. The molecule has 2 rings (SSSR count). The number of nitrogens with zero attached hydrogens (tertiary/aromatic N) is 2. The predicted octanol–water partition coefficient (Wildman–Crippen LogP) is 3.28. The highest BCUT2D eigenvalue weighted by molar-refractivity contribution is 9.10. The minimum Gasteiger partial charge on any atom is -0.317 e. The van der Waals surface area contributed by atoms with Crippen LogP contribution in [0.4, 0.5) is 14.5 Å². The van der Waals surface area contributed by atoms with E-state index in [4.69, 9.17) is 0 Å². The molecule has 0 aliphatic carbocycles. The second-order valence-corrected chi connectivity index (χ2v) is 5.13. The number of rotatable bonds is 3. The lowest BCUT2D eigenvalue weighted by molar-refractivity contribution is 0.102. The number of halogens is 3. The molecular formula is C13H12BrF2N3O. The van der Waals surface area contributed by atoms with Crippen molar-refractivity contribution in [2.75, 3.05) is 5.32 Å². The average Bonchev–Trinajstić information content (AvgIpc) is 2.75. The van der Waals surface area contributed by atoms with Crippen LogP contribution in [0, 0.1) is 11.6 Å². The molecule has 4 nitrogen and oxygen atoms in total. The van der Waals surface area contributed by atoms with E-state index in [2.05, 4.69) is 26.3 Å². The van der Waals surface area contributed by atoms with Crippen molar-refractivity contribution in [3.05, 3.63) is 45.7 Å². The van der Waals surface area contributed by atoms with Crippen LogP contribution in [-0.4, -0.2) is 15.7 Å². The van der Waals surface area contributed by atoms with Gasteiger partial charge >= 0.3 is 0 Å². The Bertz CT molecular complexity index is 647. The van der Waals surface area contributed by atoms with Gasteiger partial charge in [-0.15, -0.1) is 0 Å². The van der Waals surface area contributed by atoms with Gasteiger partial charge in [-0.2, -0.15) is 5.10 Å². The number of anilines is 1. The number of aryl methyl sites for hydroxylation is 2. The van der Waals surface area contributed by atoms with Crippen molar-refractivity contribution in [1.29, 1.82) is 0 Å². The maximum absolute atomic E-state index is 13.7. The first-order valence-corrected chi connectivity index (χ1v) is 6.70. The van der Waals surface area contributed by atoms with Gasteiger partial charge < -0.3 is 5.32 Å². The molecule has 0 aliphatic heterocycles. The summed E-state index contributed by atoms with van der Waals surface area (Å²) >= 11 is 2.98. The Hall–Kier alpha value is -1.76. The van der Waals surface area contributed by atoms with Crippen LogP contribution in [0.1, 0.15) is 23.0 Å². The summed E-state index contributed by atoms with van der Waals surface area (Å²) in [4.78, 5) is 12.1. The lowest BCUT2D eigenvalue weighted by Gasteiger charge is -2.07. The van der Waals surface area contributed by atoms with Crippen molar-refractivity contribution in [3.63, 3.8) is 0 Å². The third-order valence-corrected chi connectivity index (χ3v) is 3.19. The molecule has 0 saturated heterocycles. The minimum atomic E-state index is -0.841. The molecule has 1 N–H and O–H groups in total. The number of amides is 1. The maximum Gasteiger partial charge on any atom is 0.259 e. The minimum absolute atomic E-state index is 0.265. The summed E-state index contributed by atoms with van der Waals surface area (Å²) < 4.78 is 29.1. The SMILES string of the molecule is CCc1nn(C)cc1C(=O)Nc1c(F)cc(Br)cc1F. The second-order valence-electron chi connectivity index (χ2n) is 4.22. The summed E-state index contributed by atoms with van der Waals surface area (Å²) in [5, 5.41) is 6.36. The number of aromatic nitrogens is 2. The first-order chi connectivity index (χ1) is 9.42. The van der Waals surface area contributed by atoms with Gasteiger partial charge in [0.25, 0.3) is 5.91 Å². The van der Waals surface area contributed by atoms with E-state index in [1.54, 1.807) is 7.05 Å². The standard InChI is InChI=1S/C13H12BrF2N3O/c1-3-11-8(6-19(2)18-11)13(20)17-12-9(15)4-7(14)5-10(12)16/h4-6H,3H2,1-2H3,(H,17,20). The molecule has 106 valence electrons. The molecule has 0 spiro atoms. The third-order valence-electron chi connectivity index (χ3n) is 2.73. The number of carbonyl (C=O) groups excluding carboxylic acids is 1. The number of hydrogen-bond donors (Lipinski definition) is 1. The van der Waals surface area contributed by atoms with Gasteiger partial charge in [0, 0.05) is 17.7 Å². The largest absolute Gasteiger partial charge is 0.317 e. The first kappa shape index (κ1) is 14.6. The molecule has 20 heavy (non-hydrogen) atoms. The van der Waals surface area contributed by atoms with E-state index in [-0.39, 0.29) is 4.47 Å². The average molecular weight is 344 g/mol. The van der Waals surface area contributed by atoms with Crippen molar-refractivity contribution in [2.24, 2.45) is 7.05 Å². The highest BCUT2D eigenvalue weighted by Crippen LogP contribution is 2.24. The number of benzene rings is 1. The molecule has 0 saturated carbocycles. The van der Waals surface area contributed by atoms with E-state index in [0.29, 0.717) is 17.7 Å². The lowest BCUT2D eigenvalue weighted by Crippen LogP contribution is -2.15. The summed E-state index contributed by atoms with van der Waals surface area (Å²) in [6.07, 6.45) is 2.07. The van der Waals surface area contributed by atoms with Crippen molar-refractivity contribution in [3.8, 4) is 0 Å². The van der Waals surface area contributed by atoms with Crippen LogP contribution in [0.25, 0.3) is 0 Å². The fourth-order valence-corrected chi connectivity index (χ4v) is 2.23. The smallest absolute Gasteiger partial charge is 0.259 e. The summed E-state index contributed by atoms with van der Waals surface area (Å²) in [7, 11) is 1.68. The van der Waals surface area contributed by atoms with E-state index in [1.165, 1.54) is 10.9 Å². The van der Waals surface area contributed by atoms with Crippen LogP contribution < -0.4 is 5.32 Å². The van der Waals surface area contributed by atoms with Crippen molar-refractivity contribution < 1.29 is 13.6 Å². The third kappa shape index (κ3) is 2.87. The topological polar surface area (TPSA) is 46.9 Å². The quantitative estimate of drug-likeness (QED) is 0.929. The summed E-state index contributed by atoms with van der Waals surface area (Å²) in [6.45, 7) is 1.85. The zero-order chi connectivity index (χ0) is 14.9. The lowest BCUT2D eigenvalue weighted by atomic mass is 10.2. The van der Waals surface area contributed by atoms with E-state index in [9.17, 15) is 13.6 Å². The van der Waals surface area contributed by atoms with Crippen molar-refractivity contribution >= 4 is 27.5 Å². The van der Waals surface area contributed by atoms with E-state index in [0.717, 1.165) is 12.1 Å². The van der Waals surface area contributed by atoms with Crippen LogP contribution in [0.2, 0.25) is 0 Å². The molecule has 0 atom stereocenters. The van der Waals surface area contributed by atoms with Gasteiger partial charge in [0.1, 0.15) is 5.69 Å². The fraction of sp³-hybridized carbons (Fsp3) is 0.231. The van der Waals surface area contributed by atoms with E-state index < -0.39 is 23.2 Å². The fourth-order valence-electron chi connectivity index (χ4n) is 1.83. The molecule has 0 fully saturated rings. The molecule has 1 aromatic carbocycles. The number of hydrogen-bond acceptors (Lipinski definition) is 2. The van der Waals surface area contributed by atoms with E-state index >= 15 is 0 Å². The molecule has 0 unspecified atom stereocenters. The molecule has 0 bridgehead atoms. The highest BCUT2D eigenvalue weighted by atomic mass is 79.9. The van der Waals surface area contributed by atoms with Gasteiger partial charge in [-0.1, -0.05) is 22.9 Å². The van der Waals surface area contributed by atoms with Crippen LogP contribution in [-0.2, 0) is 13.5 Å². The van der Waals surface area contributed by atoms with Crippen LogP contribution in [0.15, 0.2) is 22.8 Å². The Morgan fingerprint density at radius 2 is 2.00 bits per heavy atom. The van der Waals surface area contributed by atoms with Crippen molar-refractivity contribution in [1.82, 2.24) is 9.78 Å². The molecule has 7 heteroatoms. The Labute approximate surface area is 122 Å². The molecule has 0 aliphatic rings. The highest BCUT2D eigenvalue weighted by Gasteiger charge is 2.18. The van der Waals surface area contributed by atoms with Crippen molar-refractivity contribution in [2.45, 2.75) is 13.3 Å². The summed E-state index contributed by atoms with van der Waals surface area (Å²) in [5.41, 5.74) is 0.406. The van der Waals surface area contributed by atoms with Gasteiger partial charge in [0.15, 0.2) is 11.6 Å². The maximum atomic E-state index is 13.7. The molecular weight excluding hydrogens is 332 g/mol. The Balaban J connectivity index is 2.32. The van der Waals surface area contributed by atoms with Crippen LogP contribution in [0.5, 0.6) is 0 Å². The van der Waals surface area contributed by atoms with Gasteiger partial charge in [0.05, 0.1) is 11.3 Å². The van der Waals surface area contributed by atoms with Gasteiger partial charge in [-0.05, 0) is 18.6 Å². The van der Waals surface area contributed by atoms with Crippen LogP contribution in [0.3, 0.4) is 0 Å². The Kier molecular flexibility index (Phi) is 4.17. The Morgan fingerprint density at radius 1 is 1.40 bits per heavy atom. The van der Waals surface area contributed by atoms with Crippen LogP contribution >= 0.6 is 15.9 Å². The molecule has 2 aromatic rings. The summed E-state index contributed by atoms with van der Waals surface area (Å²) in [5.74, 6) is -2.27.